The van der Waals surface area contributed by atoms with Gasteiger partial charge in [0.05, 0.1) is 13.0 Å². The van der Waals surface area contributed by atoms with Crippen molar-refractivity contribution in [2.45, 2.75) is 32.3 Å². The molecule has 1 aliphatic rings. The first-order valence-corrected chi connectivity index (χ1v) is 6.13. The van der Waals surface area contributed by atoms with Gasteiger partial charge in [-0.1, -0.05) is 18.2 Å². The third-order valence-corrected chi connectivity index (χ3v) is 2.89. The Labute approximate surface area is 106 Å². The standard InChI is InChI=1S/C14H16O4/c1-2-17-14(16)8-7-11(15)13-9-10-5-3-4-6-12(10)18-13/h3-6,13H,2,7-9H2,1H3. The fourth-order valence-electron chi connectivity index (χ4n) is 1.98. The van der Waals surface area contributed by atoms with Gasteiger partial charge in [-0.15, -0.1) is 0 Å². The van der Waals surface area contributed by atoms with E-state index in [9.17, 15) is 9.59 Å². The van der Waals surface area contributed by atoms with E-state index in [0.717, 1.165) is 11.3 Å². The SMILES string of the molecule is CCOC(=O)CCC(=O)C1Cc2ccccc2O1. The molecule has 0 saturated heterocycles. The molecule has 1 aliphatic heterocycles. The Kier molecular flexibility index (Phi) is 3.97. The molecule has 96 valence electrons. The molecule has 0 amide bonds. The monoisotopic (exact) mass is 248 g/mol. The van der Waals surface area contributed by atoms with Crippen molar-refractivity contribution in [1.82, 2.24) is 0 Å². The van der Waals surface area contributed by atoms with Gasteiger partial charge in [-0.25, -0.2) is 0 Å². The number of fused-ring (bicyclic) bond motifs is 1. The van der Waals surface area contributed by atoms with Crippen LogP contribution in [0.4, 0.5) is 0 Å². The van der Waals surface area contributed by atoms with Crippen LogP contribution in [0.3, 0.4) is 0 Å². The number of rotatable bonds is 5. The second-order valence-electron chi connectivity index (χ2n) is 4.19. The fraction of sp³-hybridized carbons (Fsp3) is 0.429. The van der Waals surface area contributed by atoms with Crippen LogP contribution in [0, 0.1) is 0 Å². The van der Waals surface area contributed by atoms with Gasteiger partial charge < -0.3 is 9.47 Å². The summed E-state index contributed by atoms with van der Waals surface area (Å²) in [6.07, 6.45) is 0.454. The molecule has 0 bridgehead atoms. The highest BCUT2D eigenvalue weighted by Gasteiger charge is 2.28. The molecule has 1 heterocycles. The van der Waals surface area contributed by atoms with Crippen LogP contribution < -0.4 is 4.74 Å². The second kappa shape index (κ2) is 5.67. The summed E-state index contributed by atoms with van der Waals surface area (Å²) < 4.78 is 10.3. The molecule has 0 radical (unpaired) electrons. The molecule has 0 N–H and O–H groups in total. The predicted octanol–water partition coefficient (Wildman–Crippen LogP) is 1.90. The largest absolute Gasteiger partial charge is 0.482 e. The van der Waals surface area contributed by atoms with Gasteiger partial charge in [0.25, 0.3) is 0 Å². The molecule has 2 rings (SSSR count). The van der Waals surface area contributed by atoms with E-state index in [0.29, 0.717) is 13.0 Å². The first-order chi connectivity index (χ1) is 8.70. The molecule has 4 heteroatoms. The van der Waals surface area contributed by atoms with Crippen molar-refractivity contribution in [2.24, 2.45) is 0 Å². The van der Waals surface area contributed by atoms with E-state index in [1.165, 1.54) is 0 Å². The summed E-state index contributed by atoms with van der Waals surface area (Å²) in [6, 6.07) is 7.61. The van der Waals surface area contributed by atoms with Gasteiger partial charge in [0.15, 0.2) is 11.9 Å². The molecule has 0 aliphatic carbocycles. The summed E-state index contributed by atoms with van der Waals surface area (Å²) in [4.78, 5) is 23.1. The Morgan fingerprint density at radius 3 is 2.83 bits per heavy atom. The lowest BCUT2D eigenvalue weighted by molar-refractivity contribution is -0.144. The maximum Gasteiger partial charge on any atom is 0.306 e. The zero-order valence-corrected chi connectivity index (χ0v) is 10.3. The molecule has 1 unspecified atom stereocenters. The first kappa shape index (κ1) is 12.6. The third-order valence-electron chi connectivity index (χ3n) is 2.89. The van der Waals surface area contributed by atoms with Crippen LogP contribution in [0.1, 0.15) is 25.3 Å². The average Bonchev–Trinajstić information content (AvgIpc) is 2.80. The molecule has 0 spiro atoms. The van der Waals surface area contributed by atoms with Gasteiger partial charge in [0.2, 0.25) is 0 Å². The first-order valence-electron chi connectivity index (χ1n) is 6.13. The molecular formula is C14H16O4. The molecule has 0 saturated carbocycles. The fourth-order valence-corrected chi connectivity index (χ4v) is 1.98. The van der Waals surface area contributed by atoms with Crippen LogP contribution >= 0.6 is 0 Å². The van der Waals surface area contributed by atoms with Crippen molar-refractivity contribution in [3.05, 3.63) is 29.8 Å². The van der Waals surface area contributed by atoms with Crippen molar-refractivity contribution < 1.29 is 19.1 Å². The highest BCUT2D eigenvalue weighted by Crippen LogP contribution is 2.28. The van der Waals surface area contributed by atoms with Gasteiger partial charge >= 0.3 is 5.97 Å². The Hall–Kier alpha value is -1.84. The lowest BCUT2D eigenvalue weighted by atomic mass is 10.0. The van der Waals surface area contributed by atoms with Crippen molar-refractivity contribution in [3.63, 3.8) is 0 Å². The van der Waals surface area contributed by atoms with Gasteiger partial charge in [0, 0.05) is 12.8 Å². The van der Waals surface area contributed by atoms with Crippen molar-refractivity contribution in [3.8, 4) is 5.75 Å². The zero-order chi connectivity index (χ0) is 13.0. The topological polar surface area (TPSA) is 52.6 Å². The van der Waals surface area contributed by atoms with Gasteiger partial charge in [-0.2, -0.15) is 0 Å². The zero-order valence-electron chi connectivity index (χ0n) is 10.3. The Morgan fingerprint density at radius 2 is 2.11 bits per heavy atom. The van der Waals surface area contributed by atoms with E-state index < -0.39 is 6.10 Å². The van der Waals surface area contributed by atoms with Crippen molar-refractivity contribution in [1.29, 1.82) is 0 Å². The van der Waals surface area contributed by atoms with E-state index in [-0.39, 0.29) is 24.6 Å². The molecule has 1 aromatic carbocycles. The highest BCUT2D eigenvalue weighted by atomic mass is 16.5. The van der Waals surface area contributed by atoms with Crippen LogP contribution in [0.25, 0.3) is 0 Å². The summed E-state index contributed by atoms with van der Waals surface area (Å²) in [5, 5.41) is 0. The number of benzene rings is 1. The number of para-hydroxylation sites is 1. The summed E-state index contributed by atoms with van der Waals surface area (Å²) in [6.45, 7) is 2.09. The molecule has 0 fully saturated rings. The molecular weight excluding hydrogens is 232 g/mol. The molecule has 1 aromatic rings. The van der Waals surface area contributed by atoms with Gasteiger partial charge in [0.1, 0.15) is 5.75 Å². The van der Waals surface area contributed by atoms with Crippen LogP contribution in [0.2, 0.25) is 0 Å². The number of carbonyl (C=O) groups excluding carboxylic acids is 2. The Bertz CT molecular complexity index is 428. The smallest absolute Gasteiger partial charge is 0.306 e. The molecule has 18 heavy (non-hydrogen) atoms. The number of hydrogen-bond acceptors (Lipinski definition) is 4. The van der Waals surface area contributed by atoms with Crippen molar-refractivity contribution in [2.75, 3.05) is 6.61 Å². The minimum atomic E-state index is -0.447. The number of esters is 1. The lowest BCUT2D eigenvalue weighted by Gasteiger charge is -2.08. The van der Waals surface area contributed by atoms with Crippen LogP contribution in [-0.4, -0.2) is 24.5 Å². The summed E-state index contributed by atoms with van der Waals surface area (Å²) in [5.41, 5.74) is 1.05. The number of ether oxygens (including phenoxy) is 2. The highest BCUT2D eigenvalue weighted by molar-refractivity contribution is 5.87. The Balaban J connectivity index is 1.84. The predicted molar refractivity (Wildman–Crippen MR) is 65.4 cm³/mol. The van der Waals surface area contributed by atoms with E-state index in [4.69, 9.17) is 9.47 Å². The summed E-state index contributed by atoms with van der Waals surface area (Å²) >= 11 is 0. The second-order valence-corrected chi connectivity index (χ2v) is 4.19. The summed E-state index contributed by atoms with van der Waals surface area (Å²) in [7, 11) is 0. The van der Waals surface area contributed by atoms with E-state index in [1.807, 2.05) is 24.3 Å². The van der Waals surface area contributed by atoms with Crippen LogP contribution in [0.5, 0.6) is 5.75 Å². The maximum absolute atomic E-state index is 11.9. The average molecular weight is 248 g/mol. The van der Waals surface area contributed by atoms with E-state index in [2.05, 4.69) is 0 Å². The minimum Gasteiger partial charge on any atom is -0.482 e. The van der Waals surface area contributed by atoms with Crippen LogP contribution in [0.15, 0.2) is 24.3 Å². The van der Waals surface area contributed by atoms with Gasteiger partial charge in [-0.3, -0.25) is 9.59 Å². The number of ketones is 1. The molecule has 1 atom stereocenters. The van der Waals surface area contributed by atoms with E-state index in [1.54, 1.807) is 6.92 Å². The molecule has 4 nitrogen and oxygen atoms in total. The molecule has 0 aromatic heterocycles. The van der Waals surface area contributed by atoms with Gasteiger partial charge in [-0.05, 0) is 18.6 Å². The van der Waals surface area contributed by atoms with Crippen LogP contribution in [-0.2, 0) is 20.7 Å². The normalized spacial score (nSPS) is 16.8. The third kappa shape index (κ3) is 2.88. The number of carbonyl (C=O) groups is 2. The number of hydrogen-bond donors (Lipinski definition) is 0. The lowest BCUT2D eigenvalue weighted by Crippen LogP contribution is -2.25. The maximum atomic E-state index is 11.9. The quantitative estimate of drug-likeness (QED) is 0.747. The number of Topliss-reactive ketones (excluding diaryl/α,β-unsaturated/α-hetero) is 1. The van der Waals surface area contributed by atoms with Crippen molar-refractivity contribution >= 4 is 11.8 Å². The summed E-state index contributed by atoms with van der Waals surface area (Å²) in [5.74, 6) is 0.396. The van der Waals surface area contributed by atoms with E-state index >= 15 is 0 Å². The minimum absolute atomic E-state index is 0.0424. The Morgan fingerprint density at radius 1 is 1.33 bits per heavy atom.